The number of aliphatic carboxylic acids is 2. The number of nitrogens with one attached hydrogen (secondary N) is 11. The molecule has 3 rings (SSSR count). The van der Waals surface area contributed by atoms with Crippen LogP contribution in [0.1, 0.15) is 158 Å². The Hall–Kier alpha value is -9.56. The number of hydrogen-bond acceptors (Lipinski definition) is 18. The number of rotatable bonds is 18. The van der Waals surface area contributed by atoms with Crippen molar-refractivity contribution >= 4 is 82.8 Å². The number of nitrogens with two attached hydrogens (primary N) is 4. The molecule has 1 aliphatic rings. The predicted molar refractivity (Wildman–Crippen MR) is 402 cm³/mol. The number of carboxylic acid groups (broad SMARTS) is 2. The van der Waals surface area contributed by atoms with Crippen LogP contribution in [0.5, 0.6) is 0 Å². The Labute approximate surface area is 649 Å². The third-order valence-corrected chi connectivity index (χ3v) is 17.8. The van der Waals surface area contributed by atoms with Crippen LogP contribution < -0.4 is 81.4 Å². The van der Waals surface area contributed by atoms with Crippen LogP contribution in [0, 0.1) is 29.6 Å². The number of nitrogens with zero attached hydrogens (tertiary/aromatic N) is 1. The highest BCUT2D eigenvalue weighted by atomic mass is 19.4. The molecule has 0 bridgehead atoms. The molecule has 632 valence electrons. The van der Waals surface area contributed by atoms with Crippen molar-refractivity contribution in [2.45, 2.75) is 244 Å². The van der Waals surface area contributed by atoms with Gasteiger partial charge in [0.25, 0.3) is 0 Å². The number of carboxylic acids is 2. The quantitative estimate of drug-likeness (QED) is 0.0739. The minimum atomic E-state index is -5.08. The number of hydrogen-bond donors (Lipinski definition) is 17. The summed E-state index contributed by atoms with van der Waals surface area (Å²) in [5.74, 6) is -15.8. The summed E-state index contributed by atoms with van der Waals surface area (Å²) < 4.78 is 63.5. The molecule has 1 aliphatic heterocycles. The Bertz CT molecular complexity index is 3330. The molecule has 32 nitrogen and oxygen atoms in total. The Kier molecular flexibility index (Phi) is 45.2. The van der Waals surface area contributed by atoms with E-state index < -0.39 is 191 Å². The van der Waals surface area contributed by atoms with E-state index in [0.29, 0.717) is 49.9 Å². The second-order valence-corrected chi connectivity index (χ2v) is 29.1. The van der Waals surface area contributed by atoms with Crippen LogP contribution >= 0.6 is 0 Å². The SMILES string of the molecule is CC(C)C[C@@H]1NC(=O)[C@H](CCCCN)NC(=O)[C@@H](N)CCCNC(=O)[C@H](CCCCN)NC(=O)[C@H](C(C)C)NC(=O)[C@H](C(C)C)NC(=O)[C@H](C)N(C)C(=O)[C@H](C(C)C)NC(=O)[C@@H](N)CCCNC(=O)[C@H](Cc2ccccc2)NC(=O)[C@H](Cc2ccccc2)NC(=O)[C@H](C(C)C)NC1=O.O=C(O)C(F)(F)F.O=C(O)C(F)(F)F. The second-order valence-electron chi connectivity index (χ2n) is 29.1. The van der Waals surface area contributed by atoms with Gasteiger partial charge in [-0.1, -0.05) is 130 Å². The Morgan fingerprint density at radius 3 is 1.11 bits per heavy atom. The van der Waals surface area contributed by atoms with E-state index in [1.54, 1.807) is 116 Å². The summed E-state index contributed by atoms with van der Waals surface area (Å²) in [6, 6.07) is 3.64. The van der Waals surface area contributed by atoms with E-state index in [-0.39, 0.29) is 76.8 Å². The molecule has 12 atom stereocenters. The number of carbonyl (C=O) groups is 14. The van der Waals surface area contributed by atoms with Crippen LogP contribution in [-0.2, 0) is 80.0 Å². The maximum atomic E-state index is 14.7. The number of amides is 12. The summed E-state index contributed by atoms with van der Waals surface area (Å²) in [5, 5.41) is 45.0. The van der Waals surface area contributed by atoms with E-state index in [1.807, 2.05) is 13.8 Å². The third-order valence-electron chi connectivity index (χ3n) is 17.8. The van der Waals surface area contributed by atoms with Crippen molar-refractivity contribution < 1.29 is 104 Å². The molecule has 38 heteroatoms. The van der Waals surface area contributed by atoms with Gasteiger partial charge >= 0.3 is 24.3 Å². The van der Waals surface area contributed by atoms with Gasteiger partial charge in [-0.05, 0) is 131 Å². The predicted octanol–water partition coefficient (Wildman–Crippen LogP) is 1.34. The molecule has 1 saturated heterocycles. The molecular weight excluding hydrogens is 1480 g/mol. The van der Waals surface area contributed by atoms with Crippen LogP contribution in [0.3, 0.4) is 0 Å². The fraction of sp³-hybridized carbons (Fsp3) is 0.649. The molecule has 1 heterocycles. The second kappa shape index (κ2) is 50.4. The molecule has 0 aromatic heterocycles. The van der Waals surface area contributed by atoms with Crippen molar-refractivity contribution in [1.29, 1.82) is 0 Å². The van der Waals surface area contributed by atoms with Crippen molar-refractivity contribution in [3.05, 3.63) is 71.8 Å². The lowest BCUT2D eigenvalue weighted by molar-refractivity contribution is -0.193. The highest BCUT2D eigenvalue weighted by Crippen LogP contribution is 2.18. The molecule has 112 heavy (non-hydrogen) atoms. The van der Waals surface area contributed by atoms with Crippen molar-refractivity contribution in [3.8, 4) is 0 Å². The van der Waals surface area contributed by atoms with Gasteiger partial charge in [0, 0.05) is 33.0 Å². The lowest BCUT2D eigenvalue weighted by Gasteiger charge is -2.33. The molecule has 0 unspecified atom stereocenters. The fourth-order valence-corrected chi connectivity index (χ4v) is 11.0. The molecule has 0 radical (unpaired) electrons. The van der Waals surface area contributed by atoms with Crippen LogP contribution in [0.15, 0.2) is 60.7 Å². The smallest absolute Gasteiger partial charge is 0.475 e. The molecular formula is C74H118F6N16O16. The first kappa shape index (κ1) is 100. The number of carbonyl (C=O) groups excluding carboxylic acids is 12. The van der Waals surface area contributed by atoms with Crippen LogP contribution in [0.25, 0.3) is 0 Å². The average Bonchev–Trinajstić information content (AvgIpc) is 0.853. The first-order chi connectivity index (χ1) is 52.2. The standard InChI is InChI=1S/C70H116N16O12.2C2HF3O2/c1-40(2)37-52-66(94)83-55(41(3)4)68(96)81-54(39-47-27-17-14-18-28-47)65(93)80-53(38-46-25-15-13-16-26-46)63(91)76-36-24-30-49(74)61(89)85-58(44(9)10)70(98)86(12)45(11)59(87)82-57(43(7)8)69(97)84-56(42(5)6)67(95)78-50(31-19-21-33-71)62(90)75-35-23-29-48(73)60(88)77-51(64(92)79-52)32-20-22-34-72;2*3-2(4,5)1(6)7/h13-18,25-28,40-45,48-58H,19-24,29-39,71-74H2,1-12H3,(H,75,90)(H,76,91)(H,77,88)(H,78,95)(H,79,92)(H,80,93)(H,81,96)(H,82,87)(H,83,94)(H,84,97)(H,85,89);2*(H,6,7)/t45-,48-,49-,50-,51-,52-,53-,54-,55-,56-,57-,58-;;/m0../s1. The lowest BCUT2D eigenvalue weighted by Crippen LogP contribution is -2.61. The highest BCUT2D eigenvalue weighted by molar-refractivity contribution is 5.99. The number of halogens is 6. The maximum absolute atomic E-state index is 14.7. The van der Waals surface area contributed by atoms with E-state index >= 15 is 0 Å². The van der Waals surface area contributed by atoms with E-state index in [9.17, 15) is 83.9 Å². The van der Waals surface area contributed by atoms with Crippen molar-refractivity contribution in [3.63, 3.8) is 0 Å². The minimum Gasteiger partial charge on any atom is -0.475 e. The van der Waals surface area contributed by atoms with Gasteiger partial charge in [0.1, 0.15) is 60.4 Å². The molecule has 0 saturated carbocycles. The van der Waals surface area contributed by atoms with Gasteiger partial charge in [0.15, 0.2) is 0 Å². The topological polar surface area (TPSA) is 519 Å². The molecule has 2 aromatic carbocycles. The zero-order chi connectivity index (χ0) is 85.5. The summed E-state index contributed by atoms with van der Waals surface area (Å²) in [4.78, 5) is 189. The van der Waals surface area contributed by atoms with Crippen molar-refractivity contribution in [1.82, 2.24) is 63.4 Å². The minimum absolute atomic E-state index is 0.00829. The van der Waals surface area contributed by atoms with Gasteiger partial charge in [-0.25, -0.2) is 9.59 Å². The lowest BCUT2D eigenvalue weighted by atomic mass is 9.98. The zero-order valence-electron chi connectivity index (χ0n) is 65.7. The number of unbranched alkanes of at least 4 members (excludes halogenated alkanes) is 2. The third kappa shape index (κ3) is 37.6. The zero-order valence-corrected chi connectivity index (χ0v) is 65.7. The van der Waals surface area contributed by atoms with E-state index in [2.05, 4.69) is 58.5 Å². The van der Waals surface area contributed by atoms with Crippen molar-refractivity contribution in [2.75, 3.05) is 33.2 Å². The van der Waals surface area contributed by atoms with Crippen LogP contribution in [0.2, 0.25) is 0 Å². The summed E-state index contributed by atoms with van der Waals surface area (Å²) in [7, 11) is 1.39. The number of likely N-dealkylation sites (N-methyl/N-ethyl adjacent to an activating group) is 1. The molecule has 2 aromatic rings. The Balaban J connectivity index is 0.00000406. The average molecular weight is 1600 g/mol. The molecule has 21 N–H and O–H groups in total. The van der Waals surface area contributed by atoms with Gasteiger partial charge in [0.05, 0.1) is 12.1 Å². The highest BCUT2D eigenvalue weighted by Gasteiger charge is 2.41. The van der Waals surface area contributed by atoms with Crippen molar-refractivity contribution in [2.24, 2.45) is 52.5 Å². The largest absolute Gasteiger partial charge is 0.490 e. The van der Waals surface area contributed by atoms with E-state index in [4.69, 9.17) is 42.7 Å². The summed E-state index contributed by atoms with van der Waals surface area (Å²) in [6.07, 6.45) is -7.32. The first-order valence-electron chi connectivity index (χ1n) is 37.3. The molecule has 0 aliphatic carbocycles. The van der Waals surface area contributed by atoms with Crippen LogP contribution in [-0.4, -0.2) is 216 Å². The van der Waals surface area contributed by atoms with E-state index in [0.717, 1.165) is 4.90 Å². The van der Waals surface area contributed by atoms with E-state index in [1.165, 1.54) is 14.0 Å². The van der Waals surface area contributed by atoms with Gasteiger partial charge in [0.2, 0.25) is 70.9 Å². The summed E-state index contributed by atoms with van der Waals surface area (Å²) >= 11 is 0. The van der Waals surface area contributed by atoms with Gasteiger partial charge in [-0.2, -0.15) is 26.3 Å². The number of alkyl halides is 6. The van der Waals surface area contributed by atoms with Crippen LogP contribution in [0.4, 0.5) is 26.3 Å². The Morgan fingerprint density at radius 1 is 0.429 bits per heavy atom. The molecule has 1 fully saturated rings. The fourth-order valence-electron chi connectivity index (χ4n) is 11.0. The first-order valence-corrected chi connectivity index (χ1v) is 37.3. The molecule has 12 amide bonds. The maximum Gasteiger partial charge on any atom is 0.490 e. The molecule has 0 spiro atoms. The number of benzene rings is 2. The monoisotopic (exact) mass is 1600 g/mol. The van der Waals surface area contributed by atoms with Gasteiger partial charge in [-0.3, -0.25) is 57.5 Å². The normalized spacial score (nSPS) is 24.1. The Morgan fingerprint density at radius 2 is 0.723 bits per heavy atom. The summed E-state index contributed by atoms with van der Waals surface area (Å²) in [5.41, 5.74) is 25.8. The summed E-state index contributed by atoms with van der Waals surface area (Å²) in [6.45, 7) is 19.4. The van der Waals surface area contributed by atoms with Gasteiger partial charge < -0.3 is 96.5 Å². The van der Waals surface area contributed by atoms with Gasteiger partial charge in [-0.15, -0.1) is 0 Å².